The van der Waals surface area contributed by atoms with E-state index in [0.717, 1.165) is 48.5 Å². The van der Waals surface area contributed by atoms with Gasteiger partial charge in [0.1, 0.15) is 23.1 Å². The second-order valence-corrected chi connectivity index (χ2v) is 14.0. The zero-order valence-electron chi connectivity index (χ0n) is 27.0. The number of fused-ring (bicyclic) bond motifs is 1. The molecule has 3 saturated heterocycles. The number of piperidine rings is 1. The molecule has 0 saturated carbocycles. The summed E-state index contributed by atoms with van der Waals surface area (Å²) in [5.41, 5.74) is 1.67. The Bertz CT molecular complexity index is 1500. The second-order valence-electron chi connectivity index (χ2n) is 14.0. The van der Waals surface area contributed by atoms with E-state index in [1.807, 2.05) is 31.5 Å². The van der Waals surface area contributed by atoms with Crippen molar-refractivity contribution < 1.29 is 28.3 Å². The average Bonchev–Trinajstić information content (AvgIpc) is 3.45. The van der Waals surface area contributed by atoms with Crippen LogP contribution in [0.25, 0.3) is 22.3 Å². The Morgan fingerprint density at radius 2 is 1.82 bits per heavy atom. The van der Waals surface area contributed by atoms with Gasteiger partial charge >= 0.3 is 13.2 Å². The first kappa shape index (κ1) is 30.8. The molecule has 3 aliphatic heterocycles. The van der Waals surface area contributed by atoms with E-state index in [2.05, 4.69) is 44.8 Å². The molecule has 0 bridgehead atoms. The van der Waals surface area contributed by atoms with Crippen molar-refractivity contribution >= 4 is 29.6 Å². The molecule has 3 fully saturated rings. The van der Waals surface area contributed by atoms with Crippen LogP contribution in [-0.2, 0) is 18.8 Å². The molecule has 44 heavy (non-hydrogen) atoms. The summed E-state index contributed by atoms with van der Waals surface area (Å²) >= 11 is 0. The van der Waals surface area contributed by atoms with Gasteiger partial charge in [0.15, 0.2) is 6.23 Å². The minimum atomic E-state index is -0.554. The fraction of sp³-hybridized carbons (Fsp3) is 0.625. The molecule has 0 spiro atoms. The molecule has 2 unspecified atom stereocenters. The minimum Gasteiger partial charge on any atom is -0.471 e. The zero-order chi connectivity index (χ0) is 31.3. The molecular formula is C32H44BN5O6. The molecule has 236 valence electrons. The molecule has 2 atom stereocenters. The molecule has 0 radical (unpaired) electrons. The number of amides is 1. The van der Waals surface area contributed by atoms with Crippen LogP contribution in [0, 0.1) is 0 Å². The summed E-state index contributed by atoms with van der Waals surface area (Å²) in [7, 11) is -0.508. The van der Waals surface area contributed by atoms with Gasteiger partial charge in [-0.3, -0.25) is 4.98 Å². The quantitative estimate of drug-likeness (QED) is 0.359. The zero-order valence-corrected chi connectivity index (χ0v) is 27.0. The molecule has 2 aromatic heterocycles. The number of rotatable bonds is 5. The first-order chi connectivity index (χ1) is 20.8. The first-order valence-corrected chi connectivity index (χ1v) is 15.8. The lowest BCUT2D eigenvalue weighted by Crippen LogP contribution is -2.46. The van der Waals surface area contributed by atoms with Gasteiger partial charge in [-0.25, -0.2) is 14.5 Å². The highest BCUT2D eigenvalue weighted by Crippen LogP contribution is 2.38. The van der Waals surface area contributed by atoms with Crippen molar-refractivity contribution in [1.82, 2.24) is 24.6 Å². The van der Waals surface area contributed by atoms with Crippen LogP contribution in [0.2, 0.25) is 0 Å². The van der Waals surface area contributed by atoms with E-state index in [1.165, 1.54) is 0 Å². The number of aromatic nitrogens is 4. The smallest absolute Gasteiger partial charge is 0.471 e. The molecule has 0 aliphatic carbocycles. The monoisotopic (exact) mass is 605 g/mol. The van der Waals surface area contributed by atoms with Gasteiger partial charge < -0.3 is 28.4 Å². The third-order valence-electron chi connectivity index (χ3n) is 8.86. The van der Waals surface area contributed by atoms with Gasteiger partial charge in [-0.2, -0.15) is 5.10 Å². The van der Waals surface area contributed by atoms with Crippen LogP contribution >= 0.6 is 0 Å². The van der Waals surface area contributed by atoms with Crippen LogP contribution in [0.15, 0.2) is 30.6 Å². The normalized spacial score (nSPS) is 23.6. The highest BCUT2D eigenvalue weighted by atomic mass is 16.7. The van der Waals surface area contributed by atoms with Crippen molar-refractivity contribution in [3.8, 4) is 17.3 Å². The number of carbonyl (C=O) groups excluding carboxylic acids is 1. The van der Waals surface area contributed by atoms with Gasteiger partial charge in [0.05, 0.1) is 35.7 Å². The maximum Gasteiger partial charge on any atom is 0.494 e. The Balaban J connectivity index is 1.30. The van der Waals surface area contributed by atoms with Crippen molar-refractivity contribution in [3.05, 3.63) is 30.6 Å². The molecular weight excluding hydrogens is 561 g/mol. The predicted octanol–water partition coefficient (Wildman–Crippen LogP) is 5.27. The summed E-state index contributed by atoms with van der Waals surface area (Å²) in [5, 5.41) is 5.96. The second kappa shape index (κ2) is 11.6. The van der Waals surface area contributed by atoms with Gasteiger partial charge in [-0.05, 0) is 92.1 Å². The van der Waals surface area contributed by atoms with Crippen LogP contribution in [0.4, 0.5) is 4.79 Å². The van der Waals surface area contributed by atoms with E-state index in [4.69, 9.17) is 33.6 Å². The standard InChI is InChI=1S/C32H44BN5O6/c1-30(2,3)42-29(39)37-15-10-11-22(20-37)41-26-19-34-18-24(35-26)28-23-17-21(33-43-31(4,5)32(6,7)44-33)13-14-25(23)38(36-28)27-12-8-9-16-40-27/h13-14,17-19,22,27H,8-12,15-16,20H2,1-7H3. The summed E-state index contributed by atoms with van der Waals surface area (Å²) < 4.78 is 32.7. The molecule has 3 aliphatic rings. The summed E-state index contributed by atoms with van der Waals surface area (Å²) in [6, 6.07) is 6.18. The van der Waals surface area contributed by atoms with Crippen molar-refractivity contribution in [3.63, 3.8) is 0 Å². The summed E-state index contributed by atoms with van der Waals surface area (Å²) in [5.74, 6) is 0.386. The van der Waals surface area contributed by atoms with Crippen molar-refractivity contribution in [2.24, 2.45) is 0 Å². The van der Waals surface area contributed by atoms with Crippen LogP contribution in [-0.4, -0.2) is 80.5 Å². The number of hydrogen-bond donors (Lipinski definition) is 0. The summed E-state index contributed by atoms with van der Waals surface area (Å²) in [4.78, 5) is 23.7. The van der Waals surface area contributed by atoms with Gasteiger partial charge in [-0.15, -0.1) is 0 Å². The fourth-order valence-corrected chi connectivity index (χ4v) is 5.83. The molecule has 11 nitrogen and oxygen atoms in total. The maximum atomic E-state index is 12.7. The first-order valence-electron chi connectivity index (χ1n) is 15.8. The van der Waals surface area contributed by atoms with Crippen molar-refractivity contribution in [2.45, 2.75) is 110 Å². The van der Waals surface area contributed by atoms with E-state index < -0.39 is 23.9 Å². The molecule has 5 heterocycles. The largest absolute Gasteiger partial charge is 0.494 e. The molecule has 12 heteroatoms. The number of benzene rings is 1. The Morgan fingerprint density at radius 1 is 1.05 bits per heavy atom. The lowest BCUT2D eigenvalue weighted by molar-refractivity contribution is -0.0365. The topological polar surface area (TPSA) is 110 Å². The lowest BCUT2D eigenvalue weighted by atomic mass is 9.78. The van der Waals surface area contributed by atoms with Crippen molar-refractivity contribution in [2.75, 3.05) is 19.7 Å². The van der Waals surface area contributed by atoms with Gasteiger partial charge in [0.2, 0.25) is 5.88 Å². The number of carbonyl (C=O) groups is 1. The highest BCUT2D eigenvalue weighted by Gasteiger charge is 2.51. The van der Waals surface area contributed by atoms with Gasteiger partial charge in [-0.1, -0.05) is 12.1 Å². The molecule has 3 aromatic rings. The Kier molecular flexibility index (Phi) is 8.13. The van der Waals surface area contributed by atoms with E-state index in [1.54, 1.807) is 17.3 Å². The van der Waals surface area contributed by atoms with E-state index in [-0.39, 0.29) is 18.4 Å². The number of ether oxygens (including phenoxy) is 3. The summed E-state index contributed by atoms with van der Waals surface area (Å²) in [6.07, 6.45) is 7.24. The van der Waals surface area contributed by atoms with Crippen LogP contribution in [0.1, 0.15) is 86.8 Å². The summed E-state index contributed by atoms with van der Waals surface area (Å²) in [6.45, 7) is 15.6. The molecule has 1 amide bonds. The molecule has 6 rings (SSSR count). The fourth-order valence-electron chi connectivity index (χ4n) is 5.83. The van der Waals surface area contributed by atoms with Crippen LogP contribution in [0.3, 0.4) is 0 Å². The van der Waals surface area contributed by atoms with Gasteiger partial charge in [0.25, 0.3) is 0 Å². The average molecular weight is 606 g/mol. The Morgan fingerprint density at radius 3 is 2.52 bits per heavy atom. The lowest BCUT2D eigenvalue weighted by Gasteiger charge is -2.33. The minimum absolute atomic E-state index is 0.156. The maximum absolute atomic E-state index is 12.7. The Labute approximate surface area is 259 Å². The molecule has 0 N–H and O–H groups in total. The van der Waals surface area contributed by atoms with E-state index >= 15 is 0 Å². The Hall–Kier alpha value is -3.22. The highest BCUT2D eigenvalue weighted by molar-refractivity contribution is 6.62. The van der Waals surface area contributed by atoms with Crippen LogP contribution in [0.5, 0.6) is 5.88 Å². The third kappa shape index (κ3) is 6.30. The number of hydrogen-bond acceptors (Lipinski definition) is 9. The van der Waals surface area contributed by atoms with Crippen LogP contribution < -0.4 is 10.2 Å². The predicted molar refractivity (Wildman–Crippen MR) is 167 cm³/mol. The van der Waals surface area contributed by atoms with Crippen molar-refractivity contribution in [1.29, 1.82) is 0 Å². The number of likely N-dealkylation sites (tertiary alicyclic amines) is 1. The van der Waals surface area contributed by atoms with Gasteiger partial charge in [0, 0.05) is 18.5 Å². The van der Waals surface area contributed by atoms with E-state index in [9.17, 15) is 4.79 Å². The SMILES string of the molecule is CC(C)(C)OC(=O)N1CCCC(Oc2cncc(-c3nn(C4CCCCO4)c4ccc(B5OC(C)(C)C(C)(C)O5)cc34)n2)C1. The third-order valence-corrected chi connectivity index (χ3v) is 8.86. The van der Waals surface area contributed by atoms with E-state index in [0.29, 0.717) is 37.0 Å². The number of nitrogens with zero attached hydrogens (tertiary/aromatic N) is 5. The molecule has 1 aromatic carbocycles.